The number of carbonyl (C=O) groups is 1. The predicted octanol–water partition coefficient (Wildman–Crippen LogP) is 1.29. The summed E-state index contributed by atoms with van der Waals surface area (Å²) in [5.74, 6) is -0.548. The first-order valence-corrected chi connectivity index (χ1v) is 5.70. The summed E-state index contributed by atoms with van der Waals surface area (Å²) < 4.78 is 41.4. The van der Waals surface area contributed by atoms with Crippen molar-refractivity contribution >= 4 is 11.6 Å². The molecule has 0 fully saturated rings. The highest BCUT2D eigenvalue weighted by Crippen LogP contribution is 2.25. The molecule has 1 aromatic carbocycles. The van der Waals surface area contributed by atoms with Gasteiger partial charge in [0.05, 0.1) is 6.42 Å². The van der Waals surface area contributed by atoms with Crippen LogP contribution in [0, 0.1) is 0 Å². The molecule has 0 aliphatic rings. The van der Waals surface area contributed by atoms with E-state index in [1.54, 1.807) is 7.05 Å². The molecule has 0 atom stereocenters. The van der Waals surface area contributed by atoms with Gasteiger partial charge in [-0.1, -0.05) is 6.07 Å². The SMILES string of the molecule is Cn1nnnc1CC(=O)Nc1cccc(OC(F)(F)F)c1. The average Bonchev–Trinajstić information content (AvgIpc) is 2.73. The van der Waals surface area contributed by atoms with Gasteiger partial charge < -0.3 is 10.1 Å². The van der Waals surface area contributed by atoms with Crippen LogP contribution in [0.25, 0.3) is 0 Å². The number of halogens is 3. The Kier molecular flexibility index (Phi) is 4.05. The molecule has 0 unspecified atom stereocenters. The van der Waals surface area contributed by atoms with Crippen molar-refractivity contribution in [2.45, 2.75) is 12.8 Å². The second-order valence-corrected chi connectivity index (χ2v) is 4.02. The van der Waals surface area contributed by atoms with E-state index in [4.69, 9.17) is 0 Å². The van der Waals surface area contributed by atoms with Gasteiger partial charge in [-0.2, -0.15) is 0 Å². The summed E-state index contributed by atoms with van der Waals surface area (Å²) in [4.78, 5) is 11.7. The number of carbonyl (C=O) groups excluding carboxylic acids is 1. The zero-order chi connectivity index (χ0) is 15.5. The van der Waals surface area contributed by atoms with Crippen LogP contribution in [0.15, 0.2) is 24.3 Å². The van der Waals surface area contributed by atoms with E-state index in [1.807, 2.05) is 0 Å². The van der Waals surface area contributed by atoms with Crippen LogP contribution in [-0.2, 0) is 18.3 Å². The molecule has 0 saturated heterocycles. The van der Waals surface area contributed by atoms with Crippen molar-refractivity contribution in [3.8, 4) is 5.75 Å². The Morgan fingerprint density at radius 3 is 2.81 bits per heavy atom. The Morgan fingerprint density at radius 1 is 1.43 bits per heavy atom. The van der Waals surface area contributed by atoms with Crippen molar-refractivity contribution < 1.29 is 22.7 Å². The van der Waals surface area contributed by atoms with Gasteiger partial charge >= 0.3 is 6.36 Å². The van der Waals surface area contributed by atoms with E-state index < -0.39 is 18.0 Å². The second-order valence-electron chi connectivity index (χ2n) is 4.02. The highest BCUT2D eigenvalue weighted by atomic mass is 19.4. The van der Waals surface area contributed by atoms with Gasteiger partial charge in [-0.3, -0.25) is 4.79 Å². The van der Waals surface area contributed by atoms with E-state index in [9.17, 15) is 18.0 Å². The van der Waals surface area contributed by atoms with Gasteiger partial charge in [0.2, 0.25) is 5.91 Å². The van der Waals surface area contributed by atoms with Crippen LogP contribution >= 0.6 is 0 Å². The fourth-order valence-corrected chi connectivity index (χ4v) is 1.52. The Morgan fingerprint density at radius 2 is 2.19 bits per heavy atom. The number of alkyl halides is 3. The Hall–Kier alpha value is -2.65. The maximum atomic E-state index is 12.1. The molecule has 1 N–H and O–H groups in total. The van der Waals surface area contributed by atoms with E-state index in [1.165, 1.54) is 16.8 Å². The summed E-state index contributed by atoms with van der Waals surface area (Å²) in [5, 5.41) is 13.0. The van der Waals surface area contributed by atoms with Gasteiger partial charge in [0.15, 0.2) is 5.82 Å². The highest BCUT2D eigenvalue weighted by molar-refractivity contribution is 5.91. The van der Waals surface area contributed by atoms with Crippen molar-refractivity contribution in [3.05, 3.63) is 30.1 Å². The first kappa shape index (κ1) is 14.8. The zero-order valence-corrected chi connectivity index (χ0v) is 10.8. The number of hydrogen-bond donors (Lipinski definition) is 1. The lowest BCUT2D eigenvalue weighted by Gasteiger charge is -2.10. The fraction of sp³-hybridized carbons (Fsp3) is 0.273. The van der Waals surface area contributed by atoms with Crippen molar-refractivity contribution in [2.75, 3.05) is 5.32 Å². The zero-order valence-electron chi connectivity index (χ0n) is 10.8. The number of aromatic nitrogens is 4. The van der Waals surface area contributed by atoms with Gasteiger partial charge in [-0.15, -0.1) is 18.3 Å². The predicted molar refractivity (Wildman–Crippen MR) is 64.3 cm³/mol. The first-order chi connectivity index (χ1) is 9.83. The third kappa shape index (κ3) is 4.44. The number of amides is 1. The summed E-state index contributed by atoms with van der Waals surface area (Å²) in [6.45, 7) is 0. The summed E-state index contributed by atoms with van der Waals surface area (Å²) >= 11 is 0. The molecule has 1 heterocycles. The lowest BCUT2D eigenvalue weighted by molar-refractivity contribution is -0.274. The Labute approximate surface area is 116 Å². The summed E-state index contributed by atoms with van der Waals surface area (Å²) in [6.07, 6.45) is -4.89. The number of nitrogens with zero attached hydrogens (tertiary/aromatic N) is 4. The number of anilines is 1. The second kappa shape index (κ2) is 5.77. The van der Waals surface area contributed by atoms with E-state index in [0.29, 0.717) is 5.82 Å². The normalized spacial score (nSPS) is 11.2. The standard InChI is InChI=1S/C11H10F3N5O2/c1-19-9(16-17-18-19)6-10(20)15-7-3-2-4-8(5-7)21-11(12,13)14/h2-5H,6H2,1H3,(H,15,20). The largest absolute Gasteiger partial charge is 0.573 e. The molecule has 2 aromatic rings. The molecule has 0 aliphatic heterocycles. The van der Waals surface area contributed by atoms with E-state index in [0.717, 1.165) is 12.1 Å². The van der Waals surface area contributed by atoms with Crippen molar-refractivity contribution in [1.82, 2.24) is 20.2 Å². The number of hydrogen-bond acceptors (Lipinski definition) is 5. The van der Waals surface area contributed by atoms with Crippen LogP contribution in [0.1, 0.15) is 5.82 Å². The topological polar surface area (TPSA) is 81.9 Å². The molecule has 0 spiro atoms. The number of tetrazole rings is 1. The molecule has 0 saturated carbocycles. The number of rotatable bonds is 4. The molecule has 1 aromatic heterocycles. The van der Waals surface area contributed by atoms with Crippen molar-refractivity contribution in [1.29, 1.82) is 0 Å². The lowest BCUT2D eigenvalue weighted by Crippen LogP contribution is -2.18. The molecule has 1 amide bonds. The summed E-state index contributed by atoms with van der Waals surface area (Å²) in [7, 11) is 1.57. The van der Waals surface area contributed by atoms with Gasteiger partial charge in [-0.25, -0.2) is 4.68 Å². The number of ether oxygens (including phenoxy) is 1. The maximum absolute atomic E-state index is 12.1. The number of nitrogens with one attached hydrogen (secondary N) is 1. The molecule has 7 nitrogen and oxygen atoms in total. The van der Waals surface area contributed by atoms with Crippen molar-refractivity contribution in [3.63, 3.8) is 0 Å². The molecular formula is C11H10F3N5O2. The van der Waals surface area contributed by atoms with Gasteiger partial charge in [0, 0.05) is 18.8 Å². The molecule has 0 bridgehead atoms. The van der Waals surface area contributed by atoms with Crippen molar-refractivity contribution in [2.24, 2.45) is 7.05 Å². The van der Waals surface area contributed by atoms with Crippen LogP contribution < -0.4 is 10.1 Å². The number of benzene rings is 1. The van der Waals surface area contributed by atoms with Crippen LogP contribution in [0.5, 0.6) is 5.75 Å². The highest BCUT2D eigenvalue weighted by Gasteiger charge is 2.31. The van der Waals surface area contributed by atoms with Crippen LogP contribution in [0.3, 0.4) is 0 Å². The minimum absolute atomic E-state index is 0.103. The monoisotopic (exact) mass is 301 g/mol. The molecule has 0 radical (unpaired) electrons. The molecule has 0 aliphatic carbocycles. The molecule has 21 heavy (non-hydrogen) atoms. The summed E-state index contributed by atoms with van der Waals surface area (Å²) in [5.41, 5.74) is 0.178. The first-order valence-electron chi connectivity index (χ1n) is 5.70. The molecule has 112 valence electrons. The van der Waals surface area contributed by atoms with E-state index >= 15 is 0 Å². The Bertz CT molecular complexity index is 641. The molecule has 10 heteroatoms. The third-order valence-electron chi connectivity index (χ3n) is 2.38. The van der Waals surface area contributed by atoms with Gasteiger partial charge in [0.25, 0.3) is 0 Å². The fourth-order valence-electron chi connectivity index (χ4n) is 1.52. The minimum Gasteiger partial charge on any atom is -0.406 e. The molecular weight excluding hydrogens is 291 g/mol. The quantitative estimate of drug-likeness (QED) is 0.920. The van der Waals surface area contributed by atoms with Crippen LogP contribution in [0.2, 0.25) is 0 Å². The van der Waals surface area contributed by atoms with E-state index in [-0.39, 0.29) is 12.1 Å². The van der Waals surface area contributed by atoms with Crippen LogP contribution in [0.4, 0.5) is 18.9 Å². The van der Waals surface area contributed by atoms with E-state index in [2.05, 4.69) is 25.6 Å². The number of aryl methyl sites for hydroxylation is 1. The van der Waals surface area contributed by atoms with Crippen LogP contribution in [-0.4, -0.2) is 32.5 Å². The average molecular weight is 301 g/mol. The third-order valence-corrected chi connectivity index (χ3v) is 2.38. The lowest BCUT2D eigenvalue weighted by atomic mass is 10.3. The maximum Gasteiger partial charge on any atom is 0.573 e. The Balaban J connectivity index is 2.01. The molecule has 2 rings (SSSR count). The smallest absolute Gasteiger partial charge is 0.406 e. The van der Waals surface area contributed by atoms with Gasteiger partial charge in [-0.05, 0) is 22.6 Å². The minimum atomic E-state index is -4.78. The van der Waals surface area contributed by atoms with Gasteiger partial charge in [0.1, 0.15) is 5.75 Å². The summed E-state index contributed by atoms with van der Waals surface area (Å²) in [6, 6.07) is 4.98.